The SMILES string of the molecule is Cc1cc(=O)oc(C)c1C(=O)N1C[C@H]2C[C@@H](C1)[C@H](CN(C)C)N1C(=O)CCC[C@@H]21. The van der Waals surface area contributed by atoms with Crippen molar-refractivity contribution in [3.63, 3.8) is 0 Å². The number of likely N-dealkylation sites (tertiary alicyclic amines) is 1. The molecule has 0 aliphatic carbocycles. The lowest BCUT2D eigenvalue weighted by Gasteiger charge is -2.57. The molecule has 0 unspecified atom stereocenters. The van der Waals surface area contributed by atoms with Crippen LogP contribution >= 0.6 is 0 Å². The number of rotatable bonds is 3. The summed E-state index contributed by atoms with van der Waals surface area (Å²) in [6.45, 7) is 5.60. The molecular weight excluding hydrogens is 370 g/mol. The minimum absolute atomic E-state index is 0.0577. The van der Waals surface area contributed by atoms with Gasteiger partial charge in [-0.3, -0.25) is 9.59 Å². The molecule has 4 rings (SSSR count). The van der Waals surface area contributed by atoms with Crippen LogP contribution in [0.15, 0.2) is 15.3 Å². The van der Waals surface area contributed by atoms with Gasteiger partial charge in [0.15, 0.2) is 0 Å². The smallest absolute Gasteiger partial charge is 0.336 e. The Labute approximate surface area is 171 Å². The number of carbonyl (C=O) groups is 2. The van der Waals surface area contributed by atoms with Gasteiger partial charge in [-0.25, -0.2) is 4.79 Å². The molecule has 3 saturated heterocycles. The molecule has 4 heterocycles. The van der Waals surface area contributed by atoms with Gasteiger partial charge in [0, 0.05) is 44.2 Å². The topological polar surface area (TPSA) is 74.1 Å². The van der Waals surface area contributed by atoms with Crippen molar-refractivity contribution in [1.29, 1.82) is 0 Å². The summed E-state index contributed by atoms with van der Waals surface area (Å²) in [6, 6.07) is 1.76. The number of likely N-dealkylation sites (N-methyl/N-ethyl adjacent to an activating group) is 1. The van der Waals surface area contributed by atoms with E-state index in [1.54, 1.807) is 13.8 Å². The maximum atomic E-state index is 13.4. The van der Waals surface area contributed by atoms with E-state index >= 15 is 0 Å². The van der Waals surface area contributed by atoms with Crippen LogP contribution in [0.3, 0.4) is 0 Å². The fraction of sp³-hybridized carbons (Fsp3) is 0.682. The van der Waals surface area contributed by atoms with Gasteiger partial charge in [0.1, 0.15) is 5.76 Å². The first-order chi connectivity index (χ1) is 13.8. The molecule has 2 bridgehead atoms. The molecule has 7 nitrogen and oxygen atoms in total. The van der Waals surface area contributed by atoms with Gasteiger partial charge in [0.2, 0.25) is 5.91 Å². The highest BCUT2D eigenvalue weighted by molar-refractivity contribution is 5.96. The van der Waals surface area contributed by atoms with E-state index in [4.69, 9.17) is 4.42 Å². The van der Waals surface area contributed by atoms with Crippen LogP contribution in [0.25, 0.3) is 0 Å². The van der Waals surface area contributed by atoms with Crippen molar-refractivity contribution >= 4 is 11.8 Å². The molecule has 0 N–H and O–H groups in total. The van der Waals surface area contributed by atoms with Crippen LogP contribution in [-0.2, 0) is 4.79 Å². The summed E-state index contributed by atoms with van der Waals surface area (Å²) in [5, 5.41) is 0. The molecule has 3 fully saturated rings. The van der Waals surface area contributed by atoms with Crippen molar-refractivity contribution in [1.82, 2.24) is 14.7 Å². The van der Waals surface area contributed by atoms with Crippen molar-refractivity contribution in [2.45, 2.75) is 51.6 Å². The minimum Gasteiger partial charge on any atom is -0.427 e. The largest absolute Gasteiger partial charge is 0.427 e. The molecule has 1 aromatic rings. The Morgan fingerprint density at radius 1 is 1.21 bits per heavy atom. The molecule has 1 aromatic heterocycles. The molecule has 29 heavy (non-hydrogen) atoms. The maximum absolute atomic E-state index is 13.4. The second-order valence-corrected chi connectivity index (χ2v) is 9.24. The summed E-state index contributed by atoms with van der Waals surface area (Å²) < 4.78 is 5.21. The molecule has 158 valence electrons. The van der Waals surface area contributed by atoms with Gasteiger partial charge < -0.3 is 19.1 Å². The van der Waals surface area contributed by atoms with Gasteiger partial charge in [-0.2, -0.15) is 0 Å². The fourth-order valence-corrected chi connectivity index (χ4v) is 5.78. The van der Waals surface area contributed by atoms with E-state index in [2.05, 4.69) is 9.80 Å². The second kappa shape index (κ2) is 7.59. The Morgan fingerprint density at radius 2 is 1.93 bits per heavy atom. The Morgan fingerprint density at radius 3 is 2.62 bits per heavy atom. The summed E-state index contributed by atoms with van der Waals surface area (Å²) in [5.41, 5.74) is 0.749. The van der Waals surface area contributed by atoms with Gasteiger partial charge >= 0.3 is 5.63 Å². The van der Waals surface area contributed by atoms with E-state index < -0.39 is 5.63 Å². The molecule has 7 heteroatoms. The highest BCUT2D eigenvalue weighted by Crippen LogP contribution is 2.42. The third-order valence-electron chi connectivity index (χ3n) is 6.88. The Hall–Kier alpha value is -2.15. The summed E-state index contributed by atoms with van der Waals surface area (Å²) in [6.07, 6.45) is 3.67. The predicted molar refractivity (Wildman–Crippen MR) is 109 cm³/mol. The van der Waals surface area contributed by atoms with Gasteiger partial charge in [0.05, 0.1) is 5.56 Å². The first kappa shape index (κ1) is 20.1. The van der Waals surface area contributed by atoms with Crippen molar-refractivity contribution in [3.05, 3.63) is 33.4 Å². The molecule has 3 aliphatic rings. The average molecular weight is 402 g/mol. The van der Waals surface area contributed by atoms with Crippen LogP contribution in [0, 0.1) is 25.7 Å². The van der Waals surface area contributed by atoms with Gasteiger partial charge in [-0.1, -0.05) is 0 Å². The van der Waals surface area contributed by atoms with E-state index in [0.717, 1.165) is 25.8 Å². The summed E-state index contributed by atoms with van der Waals surface area (Å²) in [5.74, 6) is 1.19. The Kier molecular flexibility index (Phi) is 5.27. The monoisotopic (exact) mass is 401 g/mol. The zero-order chi connectivity index (χ0) is 20.9. The van der Waals surface area contributed by atoms with Crippen LogP contribution in [0.1, 0.15) is 47.4 Å². The molecule has 3 aliphatic heterocycles. The van der Waals surface area contributed by atoms with Crippen LogP contribution in [0.2, 0.25) is 0 Å². The maximum Gasteiger partial charge on any atom is 0.336 e. The number of aryl methyl sites for hydroxylation is 2. The predicted octanol–water partition coefficient (Wildman–Crippen LogP) is 1.66. The molecule has 0 radical (unpaired) electrons. The minimum atomic E-state index is -0.422. The van der Waals surface area contributed by atoms with Crippen molar-refractivity contribution in [2.24, 2.45) is 11.8 Å². The summed E-state index contributed by atoms with van der Waals surface area (Å²) in [4.78, 5) is 44.1. The molecule has 0 aromatic carbocycles. The van der Waals surface area contributed by atoms with E-state index in [0.29, 0.717) is 42.3 Å². The third-order valence-corrected chi connectivity index (χ3v) is 6.88. The number of hydrogen-bond acceptors (Lipinski definition) is 5. The lowest BCUT2D eigenvalue weighted by atomic mass is 9.71. The van der Waals surface area contributed by atoms with E-state index in [1.807, 2.05) is 19.0 Å². The lowest BCUT2D eigenvalue weighted by Crippen LogP contribution is -2.67. The van der Waals surface area contributed by atoms with Crippen LogP contribution < -0.4 is 5.63 Å². The lowest BCUT2D eigenvalue weighted by molar-refractivity contribution is -0.152. The molecule has 4 atom stereocenters. The standard InChI is InChI=1S/C22H31N3O4/c1-13-8-20(27)29-14(2)21(13)22(28)24-10-15-9-16(11-24)18(12-23(3)4)25-17(15)6-5-7-19(25)26/h8,15-18H,5-7,9-12H2,1-4H3/t15-,16+,17+,18+/m1/s1. The Bertz CT molecular complexity index is 851. The zero-order valence-electron chi connectivity index (χ0n) is 17.8. The first-order valence-electron chi connectivity index (χ1n) is 10.6. The normalized spacial score (nSPS) is 29.2. The first-order valence-corrected chi connectivity index (χ1v) is 10.6. The average Bonchev–Trinajstić information content (AvgIpc) is 2.64. The second-order valence-electron chi connectivity index (χ2n) is 9.24. The molecule has 2 amide bonds. The third kappa shape index (κ3) is 3.61. The van der Waals surface area contributed by atoms with Crippen molar-refractivity contribution in [2.75, 3.05) is 33.7 Å². The van der Waals surface area contributed by atoms with Crippen LogP contribution in [0.4, 0.5) is 0 Å². The summed E-state index contributed by atoms with van der Waals surface area (Å²) in [7, 11) is 4.08. The number of piperidine rings is 3. The quantitative estimate of drug-likeness (QED) is 0.770. The molecule has 0 spiro atoms. The van der Waals surface area contributed by atoms with Crippen LogP contribution in [-0.4, -0.2) is 72.3 Å². The number of nitrogens with zero attached hydrogens (tertiary/aromatic N) is 3. The highest BCUT2D eigenvalue weighted by Gasteiger charge is 2.50. The van der Waals surface area contributed by atoms with Crippen molar-refractivity contribution < 1.29 is 14.0 Å². The van der Waals surface area contributed by atoms with Gasteiger partial charge in [0.25, 0.3) is 5.91 Å². The Balaban J connectivity index is 1.65. The molecular formula is C22H31N3O4. The van der Waals surface area contributed by atoms with E-state index in [-0.39, 0.29) is 29.8 Å². The number of carbonyl (C=O) groups excluding carboxylic acids is 2. The van der Waals surface area contributed by atoms with Gasteiger partial charge in [-0.15, -0.1) is 0 Å². The van der Waals surface area contributed by atoms with Crippen molar-refractivity contribution in [3.8, 4) is 0 Å². The number of hydrogen-bond donors (Lipinski definition) is 0. The summed E-state index contributed by atoms with van der Waals surface area (Å²) >= 11 is 0. The van der Waals surface area contributed by atoms with Crippen LogP contribution in [0.5, 0.6) is 0 Å². The fourth-order valence-electron chi connectivity index (χ4n) is 5.78. The zero-order valence-corrected chi connectivity index (χ0v) is 17.8. The molecule has 0 saturated carbocycles. The highest BCUT2D eigenvalue weighted by atomic mass is 16.4. The van der Waals surface area contributed by atoms with E-state index in [9.17, 15) is 14.4 Å². The van der Waals surface area contributed by atoms with E-state index in [1.165, 1.54) is 6.07 Å². The number of fused-ring (bicyclic) bond motifs is 4. The number of amides is 2. The van der Waals surface area contributed by atoms with Gasteiger partial charge in [-0.05, 0) is 64.6 Å².